The third kappa shape index (κ3) is 4.40. The lowest BCUT2D eigenvalue weighted by molar-refractivity contribution is -0.134. The number of benzene rings is 2. The Labute approximate surface area is 173 Å². The maximum atomic E-state index is 12.7. The molecule has 1 atom stereocenters. The quantitative estimate of drug-likeness (QED) is 0.598. The number of rotatable bonds is 5. The smallest absolute Gasteiger partial charge is 0.337 e. The van der Waals surface area contributed by atoms with Gasteiger partial charge in [0.15, 0.2) is 6.61 Å². The van der Waals surface area contributed by atoms with Crippen LogP contribution in [0, 0.1) is 0 Å². The van der Waals surface area contributed by atoms with Gasteiger partial charge in [-0.1, -0.05) is 18.2 Å². The van der Waals surface area contributed by atoms with Crippen LogP contribution in [0.15, 0.2) is 48.5 Å². The van der Waals surface area contributed by atoms with Crippen LogP contribution in [-0.4, -0.2) is 48.6 Å². The second-order valence-electron chi connectivity index (χ2n) is 7.01. The molecule has 0 saturated carbocycles. The van der Waals surface area contributed by atoms with Crippen molar-refractivity contribution in [3.63, 3.8) is 0 Å². The van der Waals surface area contributed by atoms with Gasteiger partial charge in [-0.2, -0.15) is 0 Å². The zero-order chi connectivity index (χ0) is 20.2. The van der Waals surface area contributed by atoms with Gasteiger partial charge in [0.25, 0.3) is 5.91 Å². The van der Waals surface area contributed by atoms with Crippen LogP contribution in [0.4, 0.5) is 0 Å². The van der Waals surface area contributed by atoms with Crippen LogP contribution in [0.5, 0.6) is 5.75 Å². The van der Waals surface area contributed by atoms with E-state index in [2.05, 4.69) is 6.07 Å². The first-order chi connectivity index (χ1) is 14.1. The second-order valence-corrected chi connectivity index (χ2v) is 8.07. The number of carbonyl (C=O) groups is 2. The number of nitrogens with zero attached hydrogens (tertiary/aromatic N) is 2. The maximum absolute atomic E-state index is 12.7. The Bertz CT molecular complexity index is 999. The number of piperidine rings is 1. The number of aromatic nitrogens is 1. The summed E-state index contributed by atoms with van der Waals surface area (Å²) in [5.74, 6) is 0.240. The minimum absolute atomic E-state index is 0.0562. The number of thiazole rings is 1. The molecule has 1 aliphatic heterocycles. The highest BCUT2D eigenvalue weighted by atomic mass is 32.1. The van der Waals surface area contributed by atoms with Crippen LogP contribution in [0.1, 0.15) is 34.1 Å². The number of amides is 1. The van der Waals surface area contributed by atoms with E-state index < -0.39 is 5.97 Å². The van der Waals surface area contributed by atoms with Crippen molar-refractivity contribution in [3.05, 3.63) is 59.1 Å². The fourth-order valence-electron chi connectivity index (χ4n) is 3.54. The van der Waals surface area contributed by atoms with Gasteiger partial charge in [-0.3, -0.25) is 4.79 Å². The van der Waals surface area contributed by atoms with Gasteiger partial charge in [0.2, 0.25) is 0 Å². The average molecular weight is 410 g/mol. The molecule has 0 spiro atoms. The SMILES string of the molecule is COC(=O)c1cccc(OCC(=O)N2CCC[C@H](c3nc4ccccc4s3)C2)c1. The number of fused-ring (bicyclic) bond motifs is 1. The molecule has 4 rings (SSSR count). The number of carbonyl (C=O) groups excluding carboxylic acids is 2. The van der Waals surface area contributed by atoms with Gasteiger partial charge >= 0.3 is 5.97 Å². The van der Waals surface area contributed by atoms with Crippen LogP contribution in [0.2, 0.25) is 0 Å². The molecule has 1 aliphatic rings. The summed E-state index contributed by atoms with van der Waals surface area (Å²) in [5.41, 5.74) is 1.41. The number of likely N-dealkylation sites (tertiary alicyclic amines) is 1. The summed E-state index contributed by atoms with van der Waals surface area (Å²) in [7, 11) is 1.33. The summed E-state index contributed by atoms with van der Waals surface area (Å²) in [6.07, 6.45) is 1.98. The predicted molar refractivity (Wildman–Crippen MR) is 111 cm³/mol. The van der Waals surface area contributed by atoms with Gasteiger partial charge in [-0.05, 0) is 43.2 Å². The highest BCUT2D eigenvalue weighted by Gasteiger charge is 2.27. The molecule has 0 unspecified atom stereocenters. The first kappa shape index (κ1) is 19.4. The van der Waals surface area contributed by atoms with Crippen LogP contribution >= 0.6 is 11.3 Å². The van der Waals surface area contributed by atoms with Gasteiger partial charge < -0.3 is 14.4 Å². The summed E-state index contributed by atoms with van der Waals surface area (Å²) >= 11 is 1.71. The van der Waals surface area contributed by atoms with Gasteiger partial charge in [-0.15, -0.1) is 11.3 Å². The fourth-order valence-corrected chi connectivity index (χ4v) is 4.63. The summed E-state index contributed by atoms with van der Waals surface area (Å²) in [5, 5.41) is 1.09. The van der Waals surface area contributed by atoms with Crippen molar-refractivity contribution in [2.75, 3.05) is 26.8 Å². The molecular formula is C22H22N2O4S. The third-order valence-corrected chi connectivity index (χ3v) is 6.25. The lowest BCUT2D eigenvalue weighted by Gasteiger charge is -2.31. The molecule has 1 aromatic heterocycles. The van der Waals surface area contributed by atoms with Crippen molar-refractivity contribution in [1.82, 2.24) is 9.88 Å². The van der Waals surface area contributed by atoms with E-state index in [-0.39, 0.29) is 18.4 Å². The monoisotopic (exact) mass is 410 g/mol. The predicted octanol–water partition coefficient (Wildman–Crippen LogP) is 3.87. The summed E-state index contributed by atoms with van der Waals surface area (Å²) in [6, 6.07) is 14.8. The number of para-hydroxylation sites is 1. The van der Waals surface area contributed by atoms with E-state index in [1.165, 1.54) is 11.8 Å². The largest absolute Gasteiger partial charge is 0.484 e. The standard InChI is InChI=1S/C22H22N2O4S/c1-27-22(26)15-6-4-8-17(12-15)28-14-20(25)24-11-5-7-16(13-24)21-23-18-9-2-3-10-19(18)29-21/h2-4,6,8-10,12,16H,5,7,11,13-14H2,1H3/t16-/m0/s1. The van der Waals surface area contributed by atoms with Gasteiger partial charge in [-0.25, -0.2) is 9.78 Å². The van der Waals surface area contributed by atoms with E-state index in [1.807, 2.05) is 23.1 Å². The summed E-state index contributed by atoms with van der Waals surface area (Å²) in [6.45, 7) is 1.33. The molecule has 29 heavy (non-hydrogen) atoms. The molecule has 1 fully saturated rings. The topological polar surface area (TPSA) is 68.7 Å². The van der Waals surface area contributed by atoms with Crippen LogP contribution in [0.3, 0.4) is 0 Å². The normalized spacial score (nSPS) is 16.6. The number of esters is 1. The van der Waals surface area contributed by atoms with Crippen LogP contribution in [-0.2, 0) is 9.53 Å². The molecule has 0 aliphatic carbocycles. The highest BCUT2D eigenvalue weighted by molar-refractivity contribution is 7.18. The van der Waals surface area contributed by atoms with E-state index in [4.69, 9.17) is 14.5 Å². The Morgan fingerprint density at radius 3 is 2.90 bits per heavy atom. The lowest BCUT2D eigenvalue weighted by Crippen LogP contribution is -2.41. The first-order valence-electron chi connectivity index (χ1n) is 9.58. The number of hydrogen-bond donors (Lipinski definition) is 0. The molecule has 0 N–H and O–H groups in total. The number of hydrogen-bond acceptors (Lipinski definition) is 6. The molecule has 0 radical (unpaired) electrons. The van der Waals surface area contributed by atoms with E-state index in [0.717, 1.165) is 29.9 Å². The zero-order valence-electron chi connectivity index (χ0n) is 16.2. The average Bonchev–Trinajstić information content (AvgIpc) is 3.21. The Balaban J connectivity index is 1.38. The van der Waals surface area contributed by atoms with E-state index in [9.17, 15) is 9.59 Å². The number of ether oxygens (including phenoxy) is 2. The molecule has 2 aromatic carbocycles. The van der Waals surface area contributed by atoms with Crippen LogP contribution in [0.25, 0.3) is 10.2 Å². The molecule has 150 valence electrons. The first-order valence-corrected chi connectivity index (χ1v) is 10.4. The minimum Gasteiger partial charge on any atom is -0.484 e. The Kier molecular flexibility index (Phi) is 5.76. The highest BCUT2D eigenvalue weighted by Crippen LogP contribution is 2.33. The molecule has 7 heteroatoms. The lowest BCUT2D eigenvalue weighted by atomic mass is 9.99. The van der Waals surface area contributed by atoms with E-state index >= 15 is 0 Å². The molecule has 1 amide bonds. The van der Waals surface area contributed by atoms with Crippen molar-refractivity contribution < 1.29 is 19.1 Å². The van der Waals surface area contributed by atoms with Crippen molar-refractivity contribution in [2.24, 2.45) is 0 Å². The number of methoxy groups -OCH3 is 1. The van der Waals surface area contributed by atoms with Gasteiger partial charge in [0, 0.05) is 19.0 Å². The molecule has 3 aromatic rings. The molecule has 1 saturated heterocycles. The van der Waals surface area contributed by atoms with Crippen molar-refractivity contribution in [3.8, 4) is 5.75 Å². The summed E-state index contributed by atoms with van der Waals surface area (Å²) in [4.78, 5) is 30.9. The van der Waals surface area contributed by atoms with E-state index in [0.29, 0.717) is 17.9 Å². The zero-order valence-corrected chi connectivity index (χ0v) is 17.0. The Hall–Kier alpha value is -2.93. The Morgan fingerprint density at radius 1 is 1.21 bits per heavy atom. The maximum Gasteiger partial charge on any atom is 0.337 e. The van der Waals surface area contributed by atoms with Crippen molar-refractivity contribution >= 4 is 33.4 Å². The third-order valence-electron chi connectivity index (χ3n) is 5.05. The van der Waals surface area contributed by atoms with Crippen LogP contribution < -0.4 is 4.74 Å². The van der Waals surface area contributed by atoms with Gasteiger partial charge in [0.1, 0.15) is 5.75 Å². The second kappa shape index (κ2) is 8.61. The molecule has 6 nitrogen and oxygen atoms in total. The van der Waals surface area contributed by atoms with E-state index in [1.54, 1.807) is 35.6 Å². The Morgan fingerprint density at radius 2 is 2.07 bits per heavy atom. The molecule has 0 bridgehead atoms. The fraction of sp³-hybridized carbons (Fsp3) is 0.318. The van der Waals surface area contributed by atoms with Gasteiger partial charge in [0.05, 0.1) is 27.9 Å². The minimum atomic E-state index is -0.434. The molecule has 2 heterocycles. The molecular weight excluding hydrogens is 388 g/mol. The van der Waals surface area contributed by atoms with Crippen molar-refractivity contribution in [2.45, 2.75) is 18.8 Å². The summed E-state index contributed by atoms with van der Waals surface area (Å²) < 4.78 is 11.5. The van der Waals surface area contributed by atoms with Crippen molar-refractivity contribution in [1.29, 1.82) is 0 Å².